The van der Waals surface area contributed by atoms with Crippen LogP contribution >= 0.6 is 11.6 Å². The minimum Gasteiger partial charge on any atom is -0.493 e. The van der Waals surface area contributed by atoms with Gasteiger partial charge < -0.3 is 9.47 Å². The number of nitrogens with one attached hydrogen (secondary N) is 1. The van der Waals surface area contributed by atoms with Crippen LogP contribution in [-0.2, 0) is 10.2 Å². The van der Waals surface area contributed by atoms with Gasteiger partial charge in [0.2, 0.25) is 5.91 Å². The highest BCUT2D eigenvalue weighted by atomic mass is 35.5. The predicted molar refractivity (Wildman–Crippen MR) is 147 cm³/mol. The molecule has 7 heteroatoms. The molecule has 0 aliphatic heterocycles. The zero-order valence-electron chi connectivity index (χ0n) is 20.6. The number of halogens is 1. The molecule has 0 unspecified atom stereocenters. The highest BCUT2D eigenvalue weighted by molar-refractivity contribution is 6.33. The summed E-state index contributed by atoms with van der Waals surface area (Å²) >= 11 is 6.10. The van der Waals surface area contributed by atoms with Crippen molar-refractivity contribution in [1.29, 1.82) is 0 Å². The Hall–Kier alpha value is -4.42. The predicted octanol–water partition coefficient (Wildman–Crippen LogP) is 6.02. The molecule has 1 atom stereocenters. The average molecular weight is 525 g/mol. The Bertz CT molecular complexity index is 1450. The molecule has 0 spiro atoms. The fourth-order valence-electron chi connectivity index (χ4n) is 4.73. The highest BCUT2D eigenvalue weighted by Gasteiger charge is 2.60. The molecule has 190 valence electrons. The number of hydrogen-bond acceptors (Lipinski definition) is 5. The largest absolute Gasteiger partial charge is 0.493 e. The van der Waals surface area contributed by atoms with Crippen LogP contribution in [-0.4, -0.2) is 25.2 Å². The van der Waals surface area contributed by atoms with Gasteiger partial charge in [0.1, 0.15) is 0 Å². The second kappa shape index (κ2) is 10.9. The molecule has 0 aromatic heterocycles. The number of ether oxygens (including phenoxy) is 2. The lowest BCUT2D eigenvalue weighted by Gasteiger charge is -2.18. The first-order chi connectivity index (χ1) is 18.5. The van der Waals surface area contributed by atoms with E-state index in [0.29, 0.717) is 22.8 Å². The van der Waals surface area contributed by atoms with Gasteiger partial charge in [-0.1, -0.05) is 84.4 Å². The molecule has 38 heavy (non-hydrogen) atoms. The lowest BCUT2D eigenvalue weighted by atomic mass is 9.85. The molecule has 4 aromatic rings. The standard InChI is InChI=1S/C31H25ClN2O4/c1-37-28-18-21(16-17-27(28)38-30(36)24-14-8-9-15-26(24)32)20-33-34-29(35)25-19-31(25,22-10-4-2-5-11-22)23-12-6-3-7-13-23/h2-18,20,25H,19H2,1H3,(H,34,35)/b33-20-/t25-/m0/s1. The van der Waals surface area contributed by atoms with E-state index >= 15 is 0 Å². The van der Waals surface area contributed by atoms with E-state index in [2.05, 4.69) is 34.8 Å². The van der Waals surface area contributed by atoms with Crippen LogP contribution in [0, 0.1) is 5.92 Å². The smallest absolute Gasteiger partial charge is 0.345 e. The Kier molecular flexibility index (Phi) is 7.24. The van der Waals surface area contributed by atoms with Crippen molar-refractivity contribution < 1.29 is 19.1 Å². The van der Waals surface area contributed by atoms with Gasteiger partial charge in [-0.05, 0) is 53.4 Å². The van der Waals surface area contributed by atoms with Gasteiger partial charge in [0.15, 0.2) is 11.5 Å². The van der Waals surface area contributed by atoms with Crippen molar-refractivity contribution >= 4 is 29.7 Å². The van der Waals surface area contributed by atoms with Crippen LogP contribution in [0.4, 0.5) is 0 Å². The molecule has 1 fully saturated rings. The van der Waals surface area contributed by atoms with Crippen LogP contribution in [0.1, 0.15) is 33.5 Å². The Morgan fingerprint density at radius 2 is 1.53 bits per heavy atom. The summed E-state index contributed by atoms with van der Waals surface area (Å²) in [4.78, 5) is 25.6. The molecule has 6 nitrogen and oxygen atoms in total. The summed E-state index contributed by atoms with van der Waals surface area (Å²) in [6.07, 6.45) is 2.23. The van der Waals surface area contributed by atoms with Gasteiger partial charge in [-0.15, -0.1) is 0 Å². The normalized spacial score (nSPS) is 15.6. The van der Waals surface area contributed by atoms with Crippen molar-refractivity contribution in [3.8, 4) is 11.5 Å². The van der Waals surface area contributed by atoms with Gasteiger partial charge in [-0.3, -0.25) is 4.79 Å². The first kappa shape index (κ1) is 25.2. The Labute approximate surface area is 225 Å². The van der Waals surface area contributed by atoms with Gasteiger partial charge in [0, 0.05) is 5.41 Å². The minimum atomic E-state index is -0.590. The monoisotopic (exact) mass is 524 g/mol. The van der Waals surface area contributed by atoms with Gasteiger partial charge >= 0.3 is 5.97 Å². The molecule has 0 bridgehead atoms. The van der Waals surface area contributed by atoms with Crippen molar-refractivity contribution in [3.05, 3.63) is 130 Å². The summed E-state index contributed by atoms with van der Waals surface area (Å²) < 4.78 is 10.9. The second-order valence-electron chi connectivity index (χ2n) is 8.97. The molecule has 0 heterocycles. The number of methoxy groups -OCH3 is 1. The van der Waals surface area contributed by atoms with Crippen LogP contribution in [0.3, 0.4) is 0 Å². The lowest BCUT2D eigenvalue weighted by molar-refractivity contribution is -0.122. The molecule has 1 amide bonds. The third-order valence-corrected chi connectivity index (χ3v) is 7.06. The molecule has 1 N–H and O–H groups in total. The van der Waals surface area contributed by atoms with Crippen LogP contribution in [0.5, 0.6) is 11.5 Å². The molecule has 1 aliphatic carbocycles. The summed E-state index contributed by atoms with van der Waals surface area (Å²) in [5.41, 5.74) is 5.47. The van der Waals surface area contributed by atoms with Crippen molar-refractivity contribution in [3.63, 3.8) is 0 Å². The Morgan fingerprint density at radius 1 is 0.895 bits per heavy atom. The van der Waals surface area contributed by atoms with Crippen molar-refractivity contribution in [2.24, 2.45) is 11.0 Å². The second-order valence-corrected chi connectivity index (χ2v) is 9.38. The number of rotatable bonds is 8. The first-order valence-electron chi connectivity index (χ1n) is 12.1. The maximum atomic E-state index is 13.1. The summed E-state index contributed by atoms with van der Waals surface area (Å²) in [5.74, 6) is -0.383. The van der Waals surface area contributed by atoms with E-state index in [4.69, 9.17) is 21.1 Å². The minimum absolute atomic E-state index is 0.147. The number of benzene rings is 4. The van der Waals surface area contributed by atoms with Crippen molar-refractivity contribution in [2.45, 2.75) is 11.8 Å². The molecule has 1 aliphatic rings. The SMILES string of the molecule is COc1cc(/C=N\NC(=O)[C@@H]2CC2(c2ccccc2)c2ccccc2)ccc1OC(=O)c1ccccc1Cl. The van der Waals surface area contributed by atoms with E-state index in [-0.39, 0.29) is 28.6 Å². The molecule has 0 radical (unpaired) electrons. The summed E-state index contributed by atoms with van der Waals surface area (Å²) in [6, 6.07) is 31.8. The van der Waals surface area contributed by atoms with Crippen LogP contribution in [0.25, 0.3) is 0 Å². The van der Waals surface area contributed by atoms with E-state index in [9.17, 15) is 9.59 Å². The van der Waals surface area contributed by atoms with E-state index in [1.807, 2.05) is 36.4 Å². The zero-order chi connectivity index (χ0) is 26.5. The number of hydrogen-bond donors (Lipinski definition) is 1. The quantitative estimate of drug-likeness (QED) is 0.132. The van der Waals surface area contributed by atoms with Crippen molar-refractivity contribution in [2.75, 3.05) is 7.11 Å². The lowest BCUT2D eigenvalue weighted by Crippen LogP contribution is -2.25. The number of esters is 1. The van der Waals surface area contributed by atoms with Gasteiger partial charge in [-0.2, -0.15) is 5.10 Å². The number of amides is 1. The van der Waals surface area contributed by atoms with Gasteiger partial charge in [0.25, 0.3) is 0 Å². The summed E-state index contributed by atoms with van der Waals surface area (Å²) in [5, 5.41) is 4.48. The number of hydrazone groups is 1. The zero-order valence-corrected chi connectivity index (χ0v) is 21.4. The van der Waals surface area contributed by atoms with Crippen LogP contribution < -0.4 is 14.9 Å². The van der Waals surface area contributed by atoms with Gasteiger partial charge in [-0.25, -0.2) is 10.2 Å². The third-order valence-electron chi connectivity index (χ3n) is 6.73. The maximum Gasteiger partial charge on any atom is 0.345 e. The molecule has 0 saturated heterocycles. The third kappa shape index (κ3) is 5.04. The maximum absolute atomic E-state index is 13.1. The van der Waals surface area contributed by atoms with Crippen molar-refractivity contribution in [1.82, 2.24) is 5.43 Å². The van der Waals surface area contributed by atoms with Crippen LogP contribution in [0.15, 0.2) is 108 Å². The Balaban J connectivity index is 1.27. The van der Waals surface area contributed by atoms with E-state index < -0.39 is 5.97 Å². The summed E-state index contributed by atoms with van der Waals surface area (Å²) in [7, 11) is 1.48. The van der Waals surface area contributed by atoms with E-state index in [1.165, 1.54) is 13.3 Å². The van der Waals surface area contributed by atoms with E-state index in [0.717, 1.165) is 11.1 Å². The molecular weight excluding hydrogens is 500 g/mol. The molecule has 1 saturated carbocycles. The number of nitrogens with zero attached hydrogens (tertiary/aromatic N) is 1. The topological polar surface area (TPSA) is 77.0 Å². The van der Waals surface area contributed by atoms with E-state index in [1.54, 1.807) is 42.5 Å². The molecule has 4 aromatic carbocycles. The average Bonchev–Trinajstić information content (AvgIpc) is 3.72. The molecule has 5 rings (SSSR count). The van der Waals surface area contributed by atoms with Gasteiger partial charge in [0.05, 0.1) is 29.8 Å². The fraction of sp³-hybridized carbons (Fsp3) is 0.129. The molecular formula is C31H25ClN2O4. The Morgan fingerprint density at radius 3 is 2.16 bits per heavy atom. The highest BCUT2D eigenvalue weighted by Crippen LogP contribution is 2.58. The fourth-order valence-corrected chi connectivity index (χ4v) is 4.95. The number of carbonyl (C=O) groups is 2. The first-order valence-corrected chi connectivity index (χ1v) is 12.5. The number of carbonyl (C=O) groups excluding carboxylic acids is 2. The summed E-state index contributed by atoms with van der Waals surface area (Å²) in [6.45, 7) is 0. The van der Waals surface area contributed by atoms with Crippen LogP contribution in [0.2, 0.25) is 5.02 Å².